The molecule has 1 saturated heterocycles. The van der Waals surface area contributed by atoms with Gasteiger partial charge in [0.1, 0.15) is 0 Å². The second kappa shape index (κ2) is 7.35. The van der Waals surface area contributed by atoms with Gasteiger partial charge in [-0.05, 0) is 50.7 Å². The van der Waals surface area contributed by atoms with Crippen LogP contribution >= 0.6 is 0 Å². The monoisotopic (exact) mass is 311 g/mol. The first-order valence-electron chi connectivity index (χ1n) is 7.52. The molecule has 0 radical (unpaired) electrons. The van der Waals surface area contributed by atoms with Crippen LogP contribution in [0.2, 0.25) is 0 Å². The minimum Gasteiger partial charge on any atom is -0.313 e. The van der Waals surface area contributed by atoms with Crippen molar-refractivity contribution < 1.29 is 8.42 Å². The van der Waals surface area contributed by atoms with Gasteiger partial charge in [0.05, 0.1) is 4.90 Å². The summed E-state index contributed by atoms with van der Waals surface area (Å²) < 4.78 is 27.6. The fraction of sp³-hybridized carbons (Fsp3) is 0.600. The minimum atomic E-state index is -3.42. The van der Waals surface area contributed by atoms with Crippen molar-refractivity contribution in [3.63, 3.8) is 0 Å². The molecule has 0 spiro atoms. The van der Waals surface area contributed by atoms with Gasteiger partial charge in [-0.2, -0.15) is 0 Å². The van der Waals surface area contributed by atoms with Gasteiger partial charge in [0.2, 0.25) is 10.0 Å². The van der Waals surface area contributed by atoms with Gasteiger partial charge in [0, 0.05) is 19.1 Å². The van der Waals surface area contributed by atoms with Crippen LogP contribution in [-0.2, 0) is 16.6 Å². The van der Waals surface area contributed by atoms with Gasteiger partial charge in [0.15, 0.2) is 0 Å². The number of piperidine rings is 1. The molecule has 1 fully saturated rings. The van der Waals surface area contributed by atoms with Gasteiger partial charge in [-0.15, -0.1) is 0 Å². The molecule has 1 aromatic rings. The first-order valence-corrected chi connectivity index (χ1v) is 9.00. The van der Waals surface area contributed by atoms with Gasteiger partial charge in [-0.25, -0.2) is 13.1 Å². The molecule has 1 aromatic carbocycles. The molecule has 118 valence electrons. The molecule has 1 aliphatic heterocycles. The first kappa shape index (κ1) is 16.4. The van der Waals surface area contributed by atoms with Gasteiger partial charge >= 0.3 is 0 Å². The Bertz CT molecular complexity index is 543. The summed E-state index contributed by atoms with van der Waals surface area (Å²) >= 11 is 0. The molecule has 2 N–H and O–H groups in total. The maximum absolute atomic E-state index is 12.4. The molecule has 0 saturated carbocycles. The fourth-order valence-corrected chi connectivity index (χ4v) is 3.87. The van der Waals surface area contributed by atoms with E-state index >= 15 is 0 Å². The van der Waals surface area contributed by atoms with Crippen LogP contribution in [0.1, 0.15) is 25.3 Å². The van der Waals surface area contributed by atoms with E-state index in [0.717, 1.165) is 44.6 Å². The number of nitrogens with one attached hydrogen (secondary N) is 2. The third-order valence-corrected chi connectivity index (χ3v) is 5.30. The summed E-state index contributed by atoms with van der Waals surface area (Å²) in [5.74, 6) is 0. The maximum atomic E-state index is 12.4. The van der Waals surface area contributed by atoms with Crippen molar-refractivity contribution in [2.45, 2.75) is 37.2 Å². The zero-order chi connectivity index (χ0) is 15.3. The highest BCUT2D eigenvalue weighted by Crippen LogP contribution is 2.14. The van der Waals surface area contributed by atoms with Crippen molar-refractivity contribution in [2.75, 3.05) is 26.7 Å². The Morgan fingerprint density at radius 3 is 2.62 bits per heavy atom. The highest BCUT2D eigenvalue weighted by atomic mass is 32.2. The third kappa shape index (κ3) is 4.78. The molecule has 5 nitrogen and oxygen atoms in total. The molecule has 2 rings (SSSR count). The summed E-state index contributed by atoms with van der Waals surface area (Å²) in [5, 5.41) is 3.22. The number of nitrogens with zero attached hydrogens (tertiary/aromatic N) is 1. The summed E-state index contributed by atoms with van der Waals surface area (Å²) in [6.45, 7) is 5.52. The zero-order valence-corrected chi connectivity index (χ0v) is 13.6. The van der Waals surface area contributed by atoms with E-state index in [1.54, 1.807) is 12.1 Å². The average molecular weight is 311 g/mol. The Balaban J connectivity index is 2.01. The van der Waals surface area contributed by atoms with E-state index in [9.17, 15) is 8.42 Å². The van der Waals surface area contributed by atoms with Crippen LogP contribution in [0.4, 0.5) is 0 Å². The quantitative estimate of drug-likeness (QED) is 0.828. The topological polar surface area (TPSA) is 61.4 Å². The molecule has 1 heterocycles. The number of likely N-dealkylation sites (N-methyl/N-ethyl adjacent to an activating group) is 1. The summed E-state index contributed by atoms with van der Waals surface area (Å²) in [4.78, 5) is 2.51. The molecular weight excluding hydrogens is 286 g/mol. The lowest BCUT2D eigenvalue weighted by molar-refractivity contribution is 0.242. The Hall–Kier alpha value is -0.950. The lowest BCUT2D eigenvalue weighted by atomic mass is 10.1. The second-order valence-corrected chi connectivity index (χ2v) is 7.36. The summed E-state index contributed by atoms with van der Waals surface area (Å²) in [5.41, 5.74) is 1.09. The summed E-state index contributed by atoms with van der Waals surface area (Å²) in [6.07, 6.45) is 1.94. The maximum Gasteiger partial charge on any atom is 0.240 e. The van der Waals surface area contributed by atoms with E-state index in [-0.39, 0.29) is 6.04 Å². The Labute approximate surface area is 127 Å². The SMILES string of the molecule is CCNCc1ccc(S(=O)(=O)NC2CCCN(C)C2)cc1. The molecule has 21 heavy (non-hydrogen) atoms. The van der Waals surface area contributed by atoms with E-state index in [1.165, 1.54) is 0 Å². The van der Waals surface area contributed by atoms with E-state index in [4.69, 9.17) is 0 Å². The summed E-state index contributed by atoms with van der Waals surface area (Å²) in [7, 11) is -1.39. The first-order chi connectivity index (χ1) is 10.0. The predicted molar refractivity (Wildman–Crippen MR) is 84.7 cm³/mol. The predicted octanol–water partition coefficient (Wildman–Crippen LogP) is 1.17. The van der Waals surface area contributed by atoms with E-state index < -0.39 is 10.0 Å². The number of benzene rings is 1. The lowest BCUT2D eigenvalue weighted by Crippen LogP contribution is -2.46. The lowest BCUT2D eigenvalue weighted by Gasteiger charge is -2.29. The standard InChI is InChI=1S/C15H25N3O2S/c1-3-16-11-13-6-8-15(9-7-13)21(19,20)17-14-5-4-10-18(2)12-14/h6-9,14,16-17H,3-5,10-12H2,1-2H3. The van der Waals surface area contributed by atoms with Crippen LogP contribution < -0.4 is 10.0 Å². The van der Waals surface area contributed by atoms with Crippen LogP contribution in [0, 0.1) is 0 Å². The number of rotatable bonds is 6. The largest absolute Gasteiger partial charge is 0.313 e. The molecule has 0 amide bonds. The van der Waals surface area contributed by atoms with Gasteiger partial charge in [-0.3, -0.25) is 0 Å². The average Bonchev–Trinajstić information content (AvgIpc) is 2.45. The van der Waals surface area contributed by atoms with Crippen molar-refractivity contribution in [3.05, 3.63) is 29.8 Å². The highest BCUT2D eigenvalue weighted by molar-refractivity contribution is 7.89. The second-order valence-electron chi connectivity index (χ2n) is 5.65. The Morgan fingerprint density at radius 2 is 2.00 bits per heavy atom. The molecule has 1 atom stereocenters. The minimum absolute atomic E-state index is 0.00943. The molecular formula is C15H25N3O2S. The van der Waals surface area contributed by atoms with Crippen LogP contribution in [0.3, 0.4) is 0 Å². The number of hydrogen-bond donors (Lipinski definition) is 2. The van der Waals surface area contributed by atoms with E-state index in [2.05, 4.69) is 14.9 Å². The summed E-state index contributed by atoms with van der Waals surface area (Å²) in [6, 6.07) is 7.10. The fourth-order valence-electron chi connectivity index (χ4n) is 2.61. The van der Waals surface area contributed by atoms with Crippen molar-refractivity contribution in [1.82, 2.24) is 14.9 Å². The van der Waals surface area contributed by atoms with Crippen molar-refractivity contribution in [3.8, 4) is 0 Å². The van der Waals surface area contributed by atoms with Crippen LogP contribution in [0.25, 0.3) is 0 Å². The van der Waals surface area contributed by atoms with Gasteiger partial charge in [0.25, 0.3) is 0 Å². The highest BCUT2D eigenvalue weighted by Gasteiger charge is 2.23. The number of sulfonamides is 1. The van der Waals surface area contributed by atoms with Crippen molar-refractivity contribution >= 4 is 10.0 Å². The van der Waals surface area contributed by atoms with Crippen LogP contribution in [-0.4, -0.2) is 46.0 Å². The number of likely N-dealkylation sites (tertiary alicyclic amines) is 1. The Morgan fingerprint density at radius 1 is 1.29 bits per heavy atom. The van der Waals surface area contributed by atoms with Crippen molar-refractivity contribution in [1.29, 1.82) is 0 Å². The smallest absolute Gasteiger partial charge is 0.240 e. The van der Waals surface area contributed by atoms with Crippen molar-refractivity contribution in [2.24, 2.45) is 0 Å². The molecule has 0 aromatic heterocycles. The molecule has 0 bridgehead atoms. The van der Waals surface area contributed by atoms with E-state index in [1.807, 2.05) is 26.1 Å². The Kier molecular flexibility index (Phi) is 5.75. The molecule has 1 unspecified atom stereocenters. The third-order valence-electron chi connectivity index (χ3n) is 3.76. The van der Waals surface area contributed by atoms with Gasteiger partial charge in [-0.1, -0.05) is 19.1 Å². The van der Waals surface area contributed by atoms with Crippen LogP contribution in [0.15, 0.2) is 29.2 Å². The van der Waals surface area contributed by atoms with E-state index in [0.29, 0.717) is 4.90 Å². The number of hydrogen-bond acceptors (Lipinski definition) is 4. The van der Waals surface area contributed by atoms with Gasteiger partial charge < -0.3 is 10.2 Å². The molecule has 0 aliphatic carbocycles. The van der Waals surface area contributed by atoms with Crippen LogP contribution in [0.5, 0.6) is 0 Å². The molecule has 6 heteroatoms. The normalized spacial score (nSPS) is 20.6. The molecule has 1 aliphatic rings. The zero-order valence-electron chi connectivity index (χ0n) is 12.8.